The minimum Gasteiger partial charge on any atom is -0.670 e. The molecule has 1 aliphatic rings. The van der Waals surface area contributed by atoms with Crippen molar-refractivity contribution in [1.29, 1.82) is 0 Å². The van der Waals surface area contributed by atoms with Gasteiger partial charge in [-0.05, 0) is 36.6 Å². The highest BCUT2D eigenvalue weighted by molar-refractivity contribution is 5.88. The van der Waals surface area contributed by atoms with E-state index in [0.29, 0.717) is 11.3 Å². The van der Waals surface area contributed by atoms with E-state index in [9.17, 15) is 18.0 Å². The van der Waals surface area contributed by atoms with Gasteiger partial charge in [-0.25, -0.2) is 0 Å². The molecule has 1 saturated carbocycles. The summed E-state index contributed by atoms with van der Waals surface area (Å²) in [7, 11) is 1.51. The lowest BCUT2D eigenvalue weighted by Crippen LogP contribution is -2.38. The van der Waals surface area contributed by atoms with Crippen molar-refractivity contribution in [3.63, 3.8) is 0 Å². The highest BCUT2D eigenvalue weighted by Gasteiger charge is 2.30. The van der Waals surface area contributed by atoms with Crippen LogP contribution in [0.15, 0.2) is 48.5 Å². The standard InChI is InChI=1S/C22H24F3N2O2/c1-29-19-12-5-7-15(13-19)20(21(28)27-17-9-3-2-4-10-17)26-18-11-6-8-16(14-18)22(23,24)25/h5-8,11-14,17,20H,2-4,9-10H2,1H3,(H,27,28)/q-1. The Bertz CT molecular complexity index is 833. The third-order valence-corrected chi connectivity index (χ3v) is 5.06. The van der Waals surface area contributed by atoms with Gasteiger partial charge in [-0.3, -0.25) is 4.79 Å². The van der Waals surface area contributed by atoms with Gasteiger partial charge in [-0.15, -0.1) is 5.69 Å². The van der Waals surface area contributed by atoms with Crippen molar-refractivity contribution in [1.82, 2.24) is 5.32 Å². The van der Waals surface area contributed by atoms with Gasteiger partial charge in [0.1, 0.15) is 5.75 Å². The van der Waals surface area contributed by atoms with Crippen LogP contribution < -0.4 is 10.1 Å². The zero-order valence-electron chi connectivity index (χ0n) is 16.2. The van der Waals surface area contributed by atoms with Crippen LogP contribution in [0, 0.1) is 0 Å². The summed E-state index contributed by atoms with van der Waals surface area (Å²) in [6.45, 7) is 0. The Morgan fingerprint density at radius 2 is 1.83 bits per heavy atom. The SMILES string of the molecule is COc1cccc(C([N-]c2cccc(C(F)(F)F)c2)C(=O)NC2CCCCC2)c1. The van der Waals surface area contributed by atoms with Gasteiger partial charge >= 0.3 is 6.18 Å². The molecule has 0 aliphatic heterocycles. The topological polar surface area (TPSA) is 52.4 Å². The fourth-order valence-electron chi connectivity index (χ4n) is 3.53. The predicted octanol–water partition coefficient (Wildman–Crippen LogP) is 5.91. The molecular weight excluding hydrogens is 381 g/mol. The number of hydrogen-bond donors (Lipinski definition) is 1. The largest absolute Gasteiger partial charge is 0.670 e. The molecule has 2 aromatic rings. The third kappa shape index (κ3) is 5.65. The van der Waals surface area contributed by atoms with Crippen LogP contribution in [0.1, 0.15) is 49.3 Å². The molecule has 156 valence electrons. The number of rotatable bonds is 6. The number of methoxy groups -OCH3 is 1. The smallest absolute Gasteiger partial charge is 0.416 e. The van der Waals surface area contributed by atoms with Crippen LogP contribution in [0.3, 0.4) is 0 Å². The second-order valence-corrected chi connectivity index (χ2v) is 7.20. The van der Waals surface area contributed by atoms with Gasteiger partial charge in [0.15, 0.2) is 0 Å². The first kappa shape index (κ1) is 21.0. The molecule has 0 radical (unpaired) electrons. The number of ether oxygens (including phenoxy) is 1. The van der Waals surface area contributed by atoms with Gasteiger partial charge < -0.3 is 15.4 Å². The molecule has 1 unspecified atom stereocenters. The number of halogens is 3. The number of nitrogens with one attached hydrogen (secondary N) is 1. The van der Waals surface area contributed by atoms with E-state index < -0.39 is 17.8 Å². The van der Waals surface area contributed by atoms with Crippen LogP contribution in [0.25, 0.3) is 5.32 Å². The van der Waals surface area contributed by atoms with E-state index >= 15 is 0 Å². The molecule has 2 aromatic carbocycles. The Balaban J connectivity index is 1.87. The number of carbonyl (C=O) groups excluding carboxylic acids is 1. The summed E-state index contributed by atoms with van der Waals surface area (Å²) in [6.07, 6.45) is 0.598. The van der Waals surface area contributed by atoms with Crippen molar-refractivity contribution < 1.29 is 22.7 Å². The Morgan fingerprint density at radius 3 is 2.52 bits per heavy atom. The second-order valence-electron chi connectivity index (χ2n) is 7.20. The molecule has 3 rings (SSSR count). The normalized spacial score (nSPS) is 16.1. The van der Waals surface area contributed by atoms with Gasteiger partial charge in [0, 0.05) is 6.04 Å². The Kier molecular flexibility index (Phi) is 6.67. The first-order chi connectivity index (χ1) is 13.9. The average Bonchev–Trinajstić information content (AvgIpc) is 2.72. The molecule has 0 aromatic heterocycles. The summed E-state index contributed by atoms with van der Waals surface area (Å²) in [5.74, 6) is 0.236. The lowest BCUT2D eigenvalue weighted by atomic mass is 9.95. The summed E-state index contributed by atoms with van der Waals surface area (Å²) in [5.41, 5.74) is -0.127. The van der Waals surface area contributed by atoms with Gasteiger partial charge in [0.05, 0.1) is 12.7 Å². The Labute approximate surface area is 168 Å². The second kappa shape index (κ2) is 9.20. The summed E-state index contributed by atoms with van der Waals surface area (Å²) in [4.78, 5) is 13.0. The number of alkyl halides is 3. The number of nitrogens with zero attached hydrogens (tertiary/aromatic N) is 1. The monoisotopic (exact) mass is 405 g/mol. The fraction of sp³-hybridized carbons (Fsp3) is 0.409. The van der Waals surface area contributed by atoms with Crippen LogP contribution >= 0.6 is 0 Å². The maximum absolute atomic E-state index is 13.1. The van der Waals surface area contributed by atoms with Crippen molar-refractivity contribution in [3.05, 3.63) is 65.0 Å². The van der Waals surface area contributed by atoms with Crippen molar-refractivity contribution >= 4 is 11.6 Å². The molecule has 7 heteroatoms. The molecule has 1 N–H and O–H groups in total. The lowest BCUT2D eigenvalue weighted by molar-refractivity contribution is -0.137. The molecule has 1 fully saturated rings. The van der Waals surface area contributed by atoms with Crippen LogP contribution in [0.2, 0.25) is 0 Å². The van der Waals surface area contributed by atoms with E-state index in [2.05, 4.69) is 10.6 Å². The molecular formula is C22H24F3N2O2-. The summed E-state index contributed by atoms with van der Waals surface area (Å²) >= 11 is 0. The van der Waals surface area contributed by atoms with Crippen LogP contribution in [-0.4, -0.2) is 19.1 Å². The molecule has 4 nitrogen and oxygen atoms in total. The van der Waals surface area contributed by atoms with Gasteiger partial charge in [-0.2, -0.15) is 13.2 Å². The number of benzene rings is 2. The maximum Gasteiger partial charge on any atom is 0.416 e. The van der Waals surface area contributed by atoms with Crippen molar-refractivity contribution in [2.75, 3.05) is 7.11 Å². The summed E-state index contributed by atoms with van der Waals surface area (Å²) in [6, 6.07) is 10.7. The molecule has 0 heterocycles. The molecule has 1 aliphatic carbocycles. The Hall–Kier alpha value is -2.70. The zero-order valence-corrected chi connectivity index (χ0v) is 16.2. The molecule has 0 bridgehead atoms. The summed E-state index contributed by atoms with van der Waals surface area (Å²) < 4.78 is 44.4. The van der Waals surface area contributed by atoms with Gasteiger partial charge in [0.25, 0.3) is 0 Å². The maximum atomic E-state index is 13.1. The quantitative estimate of drug-likeness (QED) is 0.650. The summed E-state index contributed by atoms with van der Waals surface area (Å²) in [5, 5.41) is 7.40. The fourth-order valence-corrected chi connectivity index (χ4v) is 3.53. The van der Waals surface area contributed by atoms with E-state index in [4.69, 9.17) is 4.74 Å². The van der Waals surface area contributed by atoms with Crippen LogP contribution in [-0.2, 0) is 11.0 Å². The molecule has 1 atom stereocenters. The number of amides is 1. The predicted molar refractivity (Wildman–Crippen MR) is 105 cm³/mol. The van der Waals surface area contributed by atoms with Gasteiger partial charge in [0.2, 0.25) is 5.91 Å². The average molecular weight is 405 g/mol. The highest BCUT2D eigenvalue weighted by Crippen LogP contribution is 2.37. The number of carbonyl (C=O) groups is 1. The zero-order chi connectivity index (χ0) is 20.9. The van der Waals surface area contributed by atoms with Crippen molar-refractivity contribution in [2.24, 2.45) is 0 Å². The van der Waals surface area contributed by atoms with Crippen LogP contribution in [0.4, 0.5) is 18.9 Å². The first-order valence-electron chi connectivity index (χ1n) is 9.69. The first-order valence-corrected chi connectivity index (χ1v) is 9.69. The van der Waals surface area contributed by atoms with E-state index in [0.717, 1.165) is 44.2 Å². The van der Waals surface area contributed by atoms with Gasteiger partial charge in [-0.1, -0.05) is 55.7 Å². The molecule has 0 saturated heterocycles. The van der Waals surface area contributed by atoms with Crippen LogP contribution in [0.5, 0.6) is 5.75 Å². The van der Waals surface area contributed by atoms with Crippen molar-refractivity contribution in [3.8, 4) is 5.75 Å². The van der Waals surface area contributed by atoms with Crippen molar-refractivity contribution in [2.45, 2.75) is 50.4 Å². The molecule has 29 heavy (non-hydrogen) atoms. The lowest BCUT2D eigenvalue weighted by Gasteiger charge is -2.35. The number of hydrogen-bond acceptors (Lipinski definition) is 2. The van der Waals surface area contributed by atoms with E-state index in [1.807, 2.05) is 0 Å². The van der Waals surface area contributed by atoms with E-state index in [-0.39, 0.29) is 17.6 Å². The minimum absolute atomic E-state index is 0.0704. The van der Waals surface area contributed by atoms with E-state index in [1.54, 1.807) is 24.3 Å². The Morgan fingerprint density at radius 1 is 1.10 bits per heavy atom. The highest BCUT2D eigenvalue weighted by atomic mass is 19.4. The third-order valence-electron chi connectivity index (χ3n) is 5.06. The molecule has 1 amide bonds. The molecule has 0 spiro atoms. The van der Waals surface area contributed by atoms with E-state index in [1.165, 1.54) is 19.2 Å². The minimum atomic E-state index is -4.47.